The standard InChI is InChI=1S/C24H17Cl3F4N2O4/c1-2-33-20(35)7-12(22(33)36)6-19(34)14-4-3-11(5-15(14)25)18-10-23(37-32-18,24(29,30)31)13-8-16(26)21(28)17(27)9-13/h3-5,8-9,12H,2,6-7,10H2,1H3. The van der Waals surface area contributed by atoms with Crippen LogP contribution in [0, 0.1) is 11.7 Å². The number of benzene rings is 2. The molecule has 6 nitrogen and oxygen atoms in total. The summed E-state index contributed by atoms with van der Waals surface area (Å²) in [6.07, 6.45) is -6.11. The molecule has 0 spiro atoms. The molecule has 2 aromatic carbocycles. The summed E-state index contributed by atoms with van der Waals surface area (Å²) >= 11 is 17.7. The summed E-state index contributed by atoms with van der Waals surface area (Å²) in [6, 6.07) is 5.46. The number of amides is 2. The number of hydrogen-bond acceptors (Lipinski definition) is 5. The quantitative estimate of drug-likeness (QED) is 0.173. The second-order valence-corrected chi connectivity index (χ2v) is 9.81. The molecule has 2 aliphatic heterocycles. The minimum absolute atomic E-state index is 0.0410. The number of carbonyl (C=O) groups is 3. The van der Waals surface area contributed by atoms with E-state index >= 15 is 0 Å². The van der Waals surface area contributed by atoms with Crippen molar-refractivity contribution in [2.75, 3.05) is 6.54 Å². The van der Waals surface area contributed by atoms with Crippen molar-refractivity contribution in [3.8, 4) is 0 Å². The van der Waals surface area contributed by atoms with E-state index in [0.717, 1.165) is 17.0 Å². The highest BCUT2D eigenvalue weighted by molar-refractivity contribution is 6.35. The first-order valence-electron chi connectivity index (χ1n) is 10.9. The van der Waals surface area contributed by atoms with Gasteiger partial charge in [0.2, 0.25) is 11.8 Å². The lowest BCUT2D eigenvalue weighted by atomic mass is 9.86. The molecule has 0 saturated carbocycles. The van der Waals surface area contributed by atoms with Crippen molar-refractivity contribution < 1.29 is 36.8 Å². The molecule has 0 aliphatic carbocycles. The monoisotopic (exact) mass is 578 g/mol. The Kier molecular flexibility index (Phi) is 7.31. The van der Waals surface area contributed by atoms with Gasteiger partial charge in [-0.3, -0.25) is 19.3 Å². The Hall–Kier alpha value is -2.69. The molecule has 2 unspecified atom stereocenters. The average molecular weight is 580 g/mol. The van der Waals surface area contributed by atoms with Crippen molar-refractivity contribution in [1.29, 1.82) is 0 Å². The van der Waals surface area contributed by atoms with Crippen LogP contribution in [0.2, 0.25) is 15.1 Å². The summed E-state index contributed by atoms with van der Waals surface area (Å²) in [5.41, 5.74) is -3.46. The summed E-state index contributed by atoms with van der Waals surface area (Å²) in [5.74, 6) is -3.16. The first kappa shape index (κ1) is 27.3. The number of halogens is 7. The first-order chi connectivity index (χ1) is 17.3. The number of hydrogen-bond donors (Lipinski definition) is 0. The van der Waals surface area contributed by atoms with Gasteiger partial charge < -0.3 is 4.84 Å². The molecule has 2 aliphatic rings. The predicted octanol–water partition coefficient (Wildman–Crippen LogP) is 6.34. The molecule has 0 aromatic heterocycles. The van der Waals surface area contributed by atoms with Crippen LogP contribution in [0.1, 0.15) is 47.7 Å². The molecule has 0 radical (unpaired) electrons. The van der Waals surface area contributed by atoms with Gasteiger partial charge in [0.25, 0.3) is 5.60 Å². The lowest BCUT2D eigenvalue weighted by molar-refractivity contribution is -0.275. The number of Topliss-reactive ketones (excluding diaryl/α,β-unsaturated/α-hetero) is 1. The normalized spacial score (nSPS) is 21.9. The van der Waals surface area contributed by atoms with Crippen LogP contribution in [0.25, 0.3) is 0 Å². The number of rotatable bonds is 6. The Labute approximate surface area is 223 Å². The van der Waals surface area contributed by atoms with Gasteiger partial charge in [0.05, 0.1) is 26.7 Å². The maximum atomic E-state index is 14.2. The van der Waals surface area contributed by atoms with E-state index in [-0.39, 0.29) is 47.2 Å². The van der Waals surface area contributed by atoms with Gasteiger partial charge in [0, 0.05) is 42.5 Å². The minimum atomic E-state index is -4.99. The van der Waals surface area contributed by atoms with Gasteiger partial charge in [-0.2, -0.15) is 13.2 Å². The van der Waals surface area contributed by atoms with Crippen LogP contribution in [0.15, 0.2) is 35.5 Å². The summed E-state index contributed by atoms with van der Waals surface area (Å²) in [6.45, 7) is 1.86. The molecule has 4 rings (SSSR count). The molecule has 2 amide bonds. The number of imide groups is 1. The number of alkyl halides is 3. The SMILES string of the molecule is CCN1C(=O)CC(CC(=O)c2ccc(C3=NOC(c4cc(Cl)c(F)c(Cl)c4)(C(F)(F)F)C3)cc2Cl)C1=O. The maximum Gasteiger partial charge on any atom is 0.435 e. The van der Waals surface area contributed by atoms with E-state index in [9.17, 15) is 31.9 Å². The molecule has 2 atom stereocenters. The van der Waals surface area contributed by atoms with Gasteiger partial charge in [-0.15, -0.1) is 0 Å². The van der Waals surface area contributed by atoms with Crippen LogP contribution in [0.4, 0.5) is 17.6 Å². The number of carbonyl (C=O) groups excluding carboxylic acids is 3. The Balaban J connectivity index is 1.57. The molecule has 1 fully saturated rings. The minimum Gasteiger partial charge on any atom is -0.374 e. The third-order valence-electron chi connectivity index (χ3n) is 6.32. The highest BCUT2D eigenvalue weighted by Crippen LogP contribution is 2.50. The second kappa shape index (κ2) is 9.89. The number of oxime groups is 1. The molecule has 0 bridgehead atoms. The fraction of sp³-hybridized carbons (Fsp3) is 0.333. The van der Waals surface area contributed by atoms with E-state index in [0.29, 0.717) is 0 Å². The Bertz CT molecular complexity index is 1320. The lowest BCUT2D eigenvalue weighted by Gasteiger charge is -2.29. The van der Waals surface area contributed by atoms with Crippen LogP contribution in [-0.4, -0.2) is 40.9 Å². The van der Waals surface area contributed by atoms with Crippen LogP contribution in [0.3, 0.4) is 0 Å². The topological polar surface area (TPSA) is 76.0 Å². The molecular weight excluding hydrogens is 563 g/mol. The van der Waals surface area contributed by atoms with Crippen LogP contribution in [0.5, 0.6) is 0 Å². The van der Waals surface area contributed by atoms with Crippen LogP contribution in [-0.2, 0) is 20.0 Å². The molecule has 1 saturated heterocycles. The van der Waals surface area contributed by atoms with Gasteiger partial charge in [-0.1, -0.05) is 46.0 Å². The maximum absolute atomic E-state index is 14.2. The predicted molar refractivity (Wildman–Crippen MR) is 127 cm³/mol. The van der Waals surface area contributed by atoms with Crippen molar-refractivity contribution in [3.05, 3.63) is 67.9 Å². The molecule has 37 heavy (non-hydrogen) atoms. The molecule has 2 heterocycles. The fourth-order valence-corrected chi connectivity index (χ4v) is 5.12. The van der Waals surface area contributed by atoms with Crippen LogP contribution < -0.4 is 0 Å². The van der Waals surface area contributed by atoms with E-state index < -0.39 is 57.2 Å². The molecule has 2 aromatic rings. The Morgan fingerprint density at radius 3 is 2.32 bits per heavy atom. The van der Waals surface area contributed by atoms with Gasteiger partial charge in [-0.05, 0) is 31.2 Å². The third kappa shape index (κ3) is 4.82. The zero-order valence-electron chi connectivity index (χ0n) is 19.0. The smallest absolute Gasteiger partial charge is 0.374 e. The first-order valence-corrected chi connectivity index (χ1v) is 12.1. The van der Waals surface area contributed by atoms with Crippen molar-refractivity contribution in [1.82, 2.24) is 4.90 Å². The fourth-order valence-electron chi connectivity index (χ4n) is 4.34. The van der Waals surface area contributed by atoms with Crippen molar-refractivity contribution in [2.45, 2.75) is 38.0 Å². The van der Waals surface area contributed by atoms with E-state index in [1.165, 1.54) is 18.2 Å². The summed E-state index contributed by atoms with van der Waals surface area (Å²) in [5, 5.41) is 2.30. The molecule has 196 valence electrons. The van der Waals surface area contributed by atoms with E-state index in [1.807, 2.05) is 0 Å². The molecule has 0 N–H and O–H groups in total. The average Bonchev–Trinajstić information content (AvgIpc) is 3.39. The highest BCUT2D eigenvalue weighted by Gasteiger charge is 2.62. The van der Waals surface area contributed by atoms with Gasteiger partial charge in [-0.25, -0.2) is 4.39 Å². The van der Waals surface area contributed by atoms with Gasteiger partial charge in [0.15, 0.2) is 11.6 Å². The zero-order chi connectivity index (χ0) is 27.3. The van der Waals surface area contributed by atoms with Crippen molar-refractivity contribution in [3.63, 3.8) is 0 Å². The highest BCUT2D eigenvalue weighted by atomic mass is 35.5. The van der Waals surface area contributed by atoms with Crippen LogP contribution >= 0.6 is 34.8 Å². The largest absolute Gasteiger partial charge is 0.435 e. The van der Waals surface area contributed by atoms with E-state index in [4.69, 9.17) is 39.6 Å². The van der Waals surface area contributed by atoms with E-state index in [1.54, 1.807) is 6.92 Å². The second-order valence-electron chi connectivity index (χ2n) is 8.58. The van der Waals surface area contributed by atoms with Gasteiger partial charge in [0.1, 0.15) is 0 Å². The number of likely N-dealkylation sites (tertiary alicyclic amines) is 1. The van der Waals surface area contributed by atoms with Gasteiger partial charge >= 0.3 is 6.18 Å². The number of nitrogens with zero attached hydrogens (tertiary/aromatic N) is 2. The summed E-state index contributed by atoms with van der Waals surface area (Å²) < 4.78 is 56.4. The Morgan fingerprint density at radius 1 is 1.14 bits per heavy atom. The number of ketones is 1. The van der Waals surface area contributed by atoms with Crippen molar-refractivity contribution in [2.24, 2.45) is 11.1 Å². The molecular formula is C24H17Cl3F4N2O4. The summed E-state index contributed by atoms with van der Waals surface area (Å²) in [7, 11) is 0. The zero-order valence-corrected chi connectivity index (χ0v) is 21.2. The van der Waals surface area contributed by atoms with Crippen molar-refractivity contribution >= 4 is 58.1 Å². The Morgan fingerprint density at radius 2 is 1.78 bits per heavy atom. The lowest BCUT2D eigenvalue weighted by Crippen LogP contribution is -2.42. The van der Waals surface area contributed by atoms with E-state index in [2.05, 4.69) is 5.16 Å². The summed E-state index contributed by atoms with van der Waals surface area (Å²) in [4.78, 5) is 43.0. The molecule has 13 heteroatoms. The third-order valence-corrected chi connectivity index (χ3v) is 7.19.